The summed E-state index contributed by atoms with van der Waals surface area (Å²) in [5, 5.41) is 0. The third-order valence-corrected chi connectivity index (χ3v) is 3.99. The van der Waals surface area contributed by atoms with E-state index in [0.717, 1.165) is 0 Å². The summed E-state index contributed by atoms with van der Waals surface area (Å²) in [5.74, 6) is 0. The molecule has 0 heterocycles. The van der Waals surface area contributed by atoms with Gasteiger partial charge in [0.15, 0.2) is 0 Å². The maximum absolute atomic E-state index is 2.23. The van der Waals surface area contributed by atoms with Crippen molar-refractivity contribution in [3.05, 3.63) is 69.8 Å². The lowest BCUT2D eigenvalue weighted by Crippen LogP contribution is -2.10. The van der Waals surface area contributed by atoms with Crippen LogP contribution in [0.25, 0.3) is 0 Å². The van der Waals surface area contributed by atoms with Crippen molar-refractivity contribution in [3.63, 3.8) is 0 Å². The highest BCUT2D eigenvalue weighted by Crippen LogP contribution is 2.21. The molecular formula is C21H30. The Balaban J connectivity index is 0.000000211. The lowest BCUT2D eigenvalue weighted by atomic mass is 9.87. The molecular weight excluding hydrogens is 252 g/mol. The van der Waals surface area contributed by atoms with Gasteiger partial charge < -0.3 is 0 Å². The fraction of sp³-hybridized carbons (Fsp3) is 0.429. The molecule has 0 amide bonds. The maximum Gasteiger partial charge on any atom is -0.0132 e. The van der Waals surface area contributed by atoms with Crippen molar-refractivity contribution in [2.75, 3.05) is 0 Å². The Morgan fingerprint density at radius 2 is 1.05 bits per heavy atom. The summed E-state index contributed by atoms with van der Waals surface area (Å²) in [6.07, 6.45) is 0. The highest BCUT2D eigenvalue weighted by molar-refractivity contribution is 5.36. The van der Waals surface area contributed by atoms with Gasteiger partial charge in [-0.2, -0.15) is 0 Å². The molecule has 114 valence electrons. The second-order valence-electron chi connectivity index (χ2n) is 7.14. The molecule has 2 aromatic carbocycles. The summed E-state index contributed by atoms with van der Waals surface area (Å²) in [7, 11) is 0. The number of rotatable bonds is 0. The van der Waals surface area contributed by atoms with Crippen molar-refractivity contribution in [3.8, 4) is 0 Å². The summed E-state index contributed by atoms with van der Waals surface area (Å²) >= 11 is 0. The zero-order valence-electron chi connectivity index (χ0n) is 15.0. The van der Waals surface area contributed by atoms with Gasteiger partial charge in [0.1, 0.15) is 0 Å². The molecule has 0 spiro atoms. The third kappa shape index (κ3) is 5.38. The van der Waals surface area contributed by atoms with E-state index in [-0.39, 0.29) is 5.41 Å². The molecule has 0 aromatic heterocycles. The van der Waals surface area contributed by atoms with Gasteiger partial charge in [0.2, 0.25) is 0 Å². The van der Waals surface area contributed by atoms with E-state index in [1.165, 1.54) is 33.4 Å². The monoisotopic (exact) mass is 282 g/mol. The SMILES string of the molecule is Cc1cc(C)c(C)c(C)c1.Cc1ccc(C(C)(C)C)cc1. The van der Waals surface area contributed by atoms with Crippen molar-refractivity contribution in [1.82, 2.24) is 0 Å². The van der Waals surface area contributed by atoms with Crippen molar-refractivity contribution in [1.29, 1.82) is 0 Å². The van der Waals surface area contributed by atoms with E-state index in [1.54, 1.807) is 0 Å². The van der Waals surface area contributed by atoms with Crippen LogP contribution in [0.3, 0.4) is 0 Å². The summed E-state index contributed by atoms with van der Waals surface area (Å²) < 4.78 is 0. The van der Waals surface area contributed by atoms with E-state index in [4.69, 9.17) is 0 Å². The molecule has 0 atom stereocenters. The Morgan fingerprint density at radius 3 is 1.43 bits per heavy atom. The molecule has 0 N–H and O–H groups in total. The van der Waals surface area contributed by atoms with Crippen LogP contribution in [0.5, 0.6) is 0 Å². The number of benzene rings is 2. The van der Waals surface area contributed by atoms with Gasteiger partial charge >= 0.3 is 0 Å². The van der Waals surface area contributed by atoms with Gasteiger partial charge in [-0.15, -0.1) is 0 Å². The van der Waals surface area contributed by atoms with Crippen LogP contribution in [0, 0.1) is 34.6 Å². The van der Waals surface area contributed by atoms with E-state index >= 15 is 0 Å². The van der Waals surface area contributed by atoms with Crippen molar-refractivity contribution >= 4 is 0 Å². The van der Waals surface area contributed by atoms with Crippen LogP contribution in [0.15, 0.2) is 36.4 Å². The van der Waals surface area contributed by atoms with E-state index in [2.05, 4.69) is 91.8 Å². The van der Waals surface area contributed by atoms with Crippen LogP contribution >= 0.6 is 0 Å². The minimum absolute atomic E-state index is 0.285. The fourth-order valence-corrected chi connectivity index (χ4v) is 2.31. The van der Waals surface area contributed by atoms with E-state index in [1.807, 2.05) is 0 Å². The largest absolute Gasteiger partial charge is 0.0590 e. The quantitative estimate of drug-likeness (QED) is 0.538. The van der Waals surface area contributed by atoms with Gasteiger partial charge in [0.05, 0.1) is 0 Å². The van der Waals surface area contributed by atoms with Gasteiger partial charge in [-0.05, 0) is 62.3 Å². The molecule has 0 saturated carbocycles. The molecule has 2 rings (SSSR count). The van der Waals surface area contributed by atoms with Gasteiger partial charge in [0.25, 0.3) is 0 Å². The normalized spacial score (nSPS) is 10.9. The Bertz CT molecular complexity index is 557. The molecule has 0 aliphatic heterocycles. The van der Waals surface area contributed by atoms with E-state index in [9.17, 15) is 0 Å². The third-order valence-electron chi connectivity index (χ3n) is 3.99. The van der Waals surface area contributed by atoms with Gasteiger partial charge in [-0.25, -0.2) is 0 Å². The molecule has 0 aliphatic rings. The second-order valence-corrected chi connectivity index (χ2v) is 7.14. The van der Waals surface area contributed by atoms with Crippen LogP contribution in [-0.4, -0.2) is 0 Å². The number of hydrogen-bond acceptors (Lipinski definition) is 0. The summed E-state index contributed by atoms with van der Waals surface area (Å²) in [6.45, 7) is 17.5. The minimum atomic E-state index is 0.285. The smallest absolute Gasteiger partial charge is 0.0132 e. The standard InChI is InChI=1S/C11H16.C10H14/c1-9-5-7-10(8-6-9)11(2,3)4;1-7-5-8(2)10(4)9(3)6-7/h5-8H,1-4H3;5-6H,1-4H3. The van der Waals surface area contributed by atoms with Crippen LogP contribution in [0.2, 0.25) is 0 Å². The van der Waals surface area contributed by atoms with E-state index in [0.29, 0.717) is 0 Å². The number of aryl methyl sites for hydroxylation is 4. The first-order valence-corrected chi connectivity index (χ1v) is 7.73. The molecule has 0 radical (unpaired) electrons. The predicted molar refractivity (Wildman–Crippen MR) is 95.3 cm³/mol. The first-order chi connectivity index (χ1) is 9.61. The van der Waals surface area contributed by atoms with Crippen LogP contribution in [0.4, 0.5) is 0 Å². The van der Waals surface area contributed by atoms with Crippen LogP contribution < -0.4 is 0 Å². The summed E-state index contributed by atoms with van der Waals surface area (Å²) in [4.78, 5) is 0. The Kier molecular flexibility index (Phi) is 5.78. The average molecular weight is 282 g/mol. The lowest BCUT2D eigenvalue weighted by molar-refractivity contribution is 0.590. The Morgan fingerprint density at radius 1 is 0.619 bits per heavy atom. The zero-order chi connectivity index (χ0) is 16.2. The van der Waals surface area contributed by atoms with Gasteiger partial charge in [-0.1, -0.05) is 68.3 Å². The molecule has 0 nitrogen and oxygen atoms in total. The van der Waals surface area contributed by atoms with Crippen LogP contribution in [-0.2, 0) is 5.41 Å². The molecule has 2 aromatic rings. The topological polar surface area (TPSA) is 0 Å². The molecule has 21 heavy (non-hydrogen) atoms. The number of hydrogen-bond donors (Lipinski definition) is 0. The maximum atomic E-state index is 2.23. The second kappa shape index (κ2) is 6.93. The van der Waals surface area contributed by atoms with Gasteiger partial charge in [-0.3, -0.25) is 0 Å². The highest BCUT2D eigenvalue weighted by atomic mass is 14.2. The zero-order valence-corrected chi connectivity index (χ0v) is 15.0. The Hall–Kier alpha value is -1.56. The first-order valence-electron chi connectivity index (χ1n) is 7.73. The average Bonchev–Trinajstić information content (AvgIpc) is 2.36. The van der Waals surface area contributed by atoms with Gasteiger partial charge in [0, 0.05) is 0 Å². The molecule has 0 bridgehead atoms. The molecule has 0 unspecified atom stereocenters. The fourth-order valence-electron chi connectivity index (χ4n) is 2.31. The molecule has 0 heteroatoms. The lowest BCUT2D eigenvalue weighted by Gasteiger charge is -2.18. The van der Waals surface area contributed by atoms with Crippen molar-refractivity contribution in [2.24, 2.45) is 0 Å². The van der Waals surface area contributed by atoms with Crippen LogP contribution in [0.1, 0.15) is 54.2 Å². The van der Waals surface area contributed by atoms with E-state index < -0.39 is 0 Å². The summed E-state index contributed by atoms with van der Waals surface area (Å²) in [6, 6.07) is 13.2. The van der Waals surface area contributed by atoms with Crippen molar-refractivity contribution in [2.45, 2.75) is 60.8 Å². The van der Waals surface area contributed by atoms with Crippen molar-refractivity contribution < 1.29 is 0 Å². The molecule has 0 fully saturated rings. The highest BCUT2D eigenvalue weighted by Gasteiger charge is 2.11. The molecule has 0 saturated heterocycles. The molecule has 0 aliphatic carbocycles. The first kappa shape index (κ1) is 17.5. The minimum Gasteiger partial charge on any atom is -0.0590 e. The summed E-state index contributed by atoms with van der Waals surface area (Å²) in [5.41, 5.74) is 8.61. The Labute approximate surface area is 131 Å². The predicted octanol–water partition coefficient (Wildman–Crippen LogP) is 6.21.